The van der Waals surface area contributed by atoms with E-state index in [0.29, 0.717) is 0 Å². The molecule has 0 spiro atoms. The monoisotopic (exact) mass is 283 g/mol. The second-order valence-corrected chi connectivity index (χ2v) is 5.87. The van der Waals surface area contributed by atoms with Crippen LogP contribution in [0.25, 0.3) is 0 Å². The largest absolute Gasteiger partial charge is 0.465 e. The number of aromatic nitrogens is 1. The van der Waals surface area contributed by atoms with Crippen molar-refractivity contribution in [2.24, 2.45) is 0 Å². The summed E-state index contributed by atoms with van der Waals surface area (Å²) < 4.78 is 28.2. The molecule has 0 atom stereocenters. The van der Waals surface area contributed by atoms with Crippen molar-refractivity contribution in [2.75, 3.05) is 18.6 Å². The van der Waals surface area contributed by atoms with Gasteiger partial charge in [0, 0.05) is 0 Å². The molecule has 1 aromatic rings. The maximum absolute atomic E-state index is 11.9. The van der Waals surface area contributed by atoms with Crippen LogP contribution in [0.15, 0.2) is 5.03 Å². The molecule has 1 rings (SSSR count). The van der Waals surface area contributed by atoms with E-state index in [9.17, 15) is 13.2 Å². The van der Waals surface area contributed by atoms with Gasteiger partial charge in [-0.25, -0.2) is 18.2 Å². The first-order chi connectivity index (χ1) is 8.80. The van der Waals surface area contributed by atoms with Crippen LogP contribution in [0.4, 0.5) is 5.69 Å². The van der Waals surface area contributed by atoms with Crippen LogP contribution in [0.3, 0.4) is 0 Å². The van der Waals surface area contributed by atoms with Crippen molar-refractivity contribution in [3.8, 4) is 6.07 Å². The molecular weight excluding hydrogens is 270 g/mol. The summed E-state index contributed by atoms with van der Waals surface area (Å²) in [6.07, 6.45) is 0. The fraction of sp³-hybridized carbons (Fsp3) is 0.364. The van der Waals surface area contributed by atoms with Gasteiger partial charge < -0.3 is 10.5 Å². The van der Waals surface area contributed by atoms with Gasteiger partial charge in [0.1, 0.15) is 17.2 Å². The highest BCUT2D eigenvalue weighted by Crippen LogP contribution is 2.26. The predicted molar refractivity (Wildman–Crippen MR) is 67.2 cm³/mol. The average molecular weight is 283 g/mol. The first kappa shape index (κ1) is 14.9. The lowest BCUT2D eigenvalue weighted by Gasteiger charge is -2.12. The summed E-state index contributed by atoms with van der Waals surface area (Å²) in [5, 5.41) is 8.64. The number of aryl methyl sites for hydroxylation is 1. The molecule has 0 aliphatic carbocycles. The molecule has 0 radical (unpaired) electrons. The zero-order valence-corrected chi connectivity index (χ0v) is 11.5. The predicted octanol–water partition coefficient (Wildman–Crippen LogP) is 0.424. The lowest BCUT2D eigenvalue weighted by Crippen LogP contribution is -2.17. The molecule has 0 unspecified atom stereocenters. The number of ether oxygens (including phenoxy) is 1. The molecule has 0 amide bonds. The Kier molecular flexibility index (Phi) is 4.11. The number of methoxy groups -OCH3 is 1. The third-order valence-corrected chi connectivity index (χ3v) is 4.20. The minimum absolute atomic E-state index is 0.0888. The van der Waals surface area contributed by atoms with Crippen LogP contribution in [-0.4, -0.2) is 32.2 Å². The molecule has 0 aliphatic rings. The van der Waals surface area contributed by atoms with Crippen molar-refractivity contribution in [3.05, 3.63) is 16.8 Å². The van der Waals surface area contributed by atoms with Gasteiger partial charge in [-0.15, -0.1) is 0 Å². The third kappa shape index (κ3) is 2.51. The molecular formula is C11H13N3O4S. The number of rotatable bonds is 3. The molecule has 1 heterocycles. The molecule has 0 saturated carbocycles. The van der Waals surface area contributed by atoms with Crippen LogP contribution in [0.2, 0.25) is 0 Å². The maximum atomic E-state index is 11.9. The molecule has 0 saturated heterocycles. The van der Waals surface area contributed by atoms with Gasteiger partial charge in [0.2, 0.25) is 0 Å². The Bertz CT molecular complexity index is 674. The van der Waals surface area contributed by atoms with E-state index in [2.05, 4.69) is 9.72 Å². The molecule has 0 aromatic carbocycles. The molecule has 0 fully saturated rings. The second kappa shape index (κ2) is 5.24. The summed E-state index contributed by atoms with van der Waals surface area (Å²) in [5.41, 5.74) is 5.16. The van der Waals surface area contributed by atoms with Crippen molar-refractivity contribution in [1.29, 1.82) is 5.26 Å². The third-order valence-electron chi connectivity index (χ3n) is 2.56. The van der Waals surface area contributed by atoms with Gasteiger partial charge in [0.05, 0.1) is 24.2 Å². The summed E-state index contributed by atoms with van der Waals surface area (Å²) in [6, 6.07) is 1.68. The zero-order chi connectivity index (χ0) is 14.8. The van der Waals surface area contributed by atoms with Gasteiger partial charge in [-0.1, -0.05) is 6.92 Å². The van der Waals surface area contributed by atoms with E-state index in [1.165, 1.54) is 13.8 Å². The Morgan fingerprint density at radius 3 is 2.53 bits per heavy atom. The quantitative estimate of drug-likeness (QED) is 0.797. The lowest BCUT2D eigenvalue weighted by atomic mass is 10.1. The minimum Gasteiger partial charge on any atom is -0.465 e. The van der Waals surface area contributed by atoms with Crippen LogP contribution in [0.1, 0.15) is 28.5 Å². The van der Waals surface area contributed by atoms with Crippen LogP contribution >= 0.6 is 0 Å². The highest BCUT2D eigenvalue weighted by atomic mass is 32.2. The smallest absolute Gasteiger partial charge is 0.341 e. The van der Waals surface area contributed by atoms with E-state index in [-0.39, 0.29) is 28.3 Å². The summed E-state index contributed by atoms with van der Waals surface area (Å²) in [4.78, 5) is 15.4. The van der Waals surface area contributed by atoms with E-state index in [4.69, 9.17) is 11.0 Å². The zero-order valence-electron chi connectivity index (χ0n) is 10.7. The van der Waals surface area contributed by atoms with Crippen molar-refractivity contribution in [2.45, 2.75) is 18.9 Å². The average Bonchev–Trinajstić information content (AvgIpc) is 2.37. The van der Waals surface area contributed by atoms with E-state index in [0.717, 1.165) is 7.11 Å². The number of nitrogens with zero attached hydrogens (tertiary/aromatic N) is 2. The van der Waals surface area contributed by atoms with Crippen LogP contribution < -0.4 is 5.73 Å². The summed E-state index contributed by atoms with van der Waals surface area (Å²) in [5.74, 6) is -0.982. The van der Waals surface area contributed by atoms with Gasteiger partial charge in [0.25, 0.3) is 0 Å². The fourth-order valence-corrected chi connectivity index (χ4v) is 2.54. The number of pyridine rings is 1. The number of nitrogen functional groups attached to an aromatic ring is 1. The summed E-state index contributed by atoms with van der Waals surface area (Å²) in [7, 11) is -2.54. The van der Waals surface area contributed by atoms with Crippen LogP contribution in [0, 0.1) is 18.3 Å². The molecule has 7 nitrogen and oxygen atoms in total. The van der Waals surface area contributed by atoms with Crippen molar-refractivity contribution in [1.82, 2.24) is 4.98 Å². The molecule has 1 aromatic heterocycles. The number of carbonyl (C=O) groups is 1. The van der Waals surface area contributed by atoms with E-state index in [1.807, 2.05) is 0 Å². The number of carbonyl (C=O) groups excluding carboxylic acids is 1. The molecule has 19 heavy (non-hydrogen) atoms. The Labute approximate surface area is 110 Å². The van der Waals surface area contributed by atoms with E-state index < -0.39 is 20.8 Å². The second-order valence-electron chi connectivity index (χ2n) is 3.67. The van der Waals surface area contributed by atoms with Gasteiger partial charge in [-0.3, -0.25) is 0 Å². The Hall–Kier alpha value is -2.14. The van der Waals surface area contributed by atoms with Crippen molar-refractivity contribution < 1.29 is 17.9 Å². The first-order valence-corrected chi connectivity index (χ1v) is 6.96. The number of nitriles is 1. The Morgan fingerprint density at radius 2 is 2.11 bits per heavy atom. The fourth-order valence-electron chi connectivity index (χ4n) is 1.53. The SMILES string of the molecule is CCS(=O)(=O)c1nc(C)c(C(=O)OC)c(N)c1C#N. The number of anilines is 1. The highest BCUT2D eigenvalue weighted by molar-refractivity contribution is 7.91. The molecule has 0 bridgehead atoms. The number of hydrogen-bond donors (Lipinski definition) is 1. The molecule has 102 valence electrons. The maximum Gasteiger partial charge on any atom is 0.341 e. The van der Waals surface area contributed by atoms with Gasteiger partial charge in [-0.2, -0.15) is 5.26 Å². The highest BCUT2D eigenvalue weighted by Gasteiger charge is 2.27. The van der Waals surface area contributed by atoms with Crippen molar-refractivity contribution >= 4 is 21.5 Å². The number of nitrogens with two attached hydrogens (primary N) is 1. The van der Waals surface area contributed by atoms with Crippen molar-refractivity contribution in [3.63, 3.8) is 0 Å². The summed E-state index contributed by atoms with van der Waals surface area (Å²) >= 11 is 0. The molecule has 0 aliphatic heterocycles. The number of esters is 1. The normalized spacial score (nSPS) is 10.8. The van der Waals surface area contributed by atoms with Crippen LogP contribution in [-0.2, 0) is 14.6 Å². The summed E-state index contributed by atoms with van der Waals surface area (Å²) in [6.45, 7) is 2.86. The Morgan fingerprint density at radius 1 is 1.53 bits per heavy atom. The van der Waals surface area contributed by atoms with Crippen LogP contribution in [0.5, 0.6) is 0 Å². The standard InChI is InChI=1S/C11H13N3O4S/c1-4-19(16,17)10-7(5-12)9(13)8(6(2)14-10)11(15)18-3/h4H2,1-3H3,(H2,13,14). The van der Waals surface area contributed by atoms with Gasteiger partial charge >= 0.3 is 5.97 Å². The Balaban J connectivity index is 3.77. The lowest BCUT2D eigenvalue weighted by molar-refractivity contribution is 0.0600. The first-order valence-electron chi connectivity index (χ1n) is 5.31. The topological polar surface area (TPSA) is 123 Å². The molecule has 2 N–H and O–H groups in total. The number of hydrogen-bond acceptors (Lipinski definition) is 7. The minimum atomic E-state index is -3.70. The van der Waals surface area contributed by atoms with E-state index in [1.54, 1.807) is 6.07 Å². The molecule has 8 heteroatoms. The number of sulfone groups is 1. The van der Waals surface area contributed by atoms with E-state index >= 15 is 0 Å². The van der Waals surface area contributed by atoms with Gasteiger partial charge in [0.15, 0.2) is 14.9 Å². The van der Waals surface area contributed by atoms with Gasteiger partial charge in [-0.05, 0) is 6.92 Å².